The number of carbonyl (C=O) groups excluding carboxylic acids is 2. The van der Waals surface area contributed by atoms with Crippen molar-refractivity contribution in [2.75, 3.05) is 12.0 Å². The predicted octanol–water partition coefficient (Wildman–Crippen LogP) is 4.03. The number of thioether (sulfide) groups is 1. The maximum atomic E-state index is 12.7. The van der Waals surface area contributed by atoms with Crippen molar-refractivity contribution < 1.29 is 19.4 Å². The first-order valence-electron chi connectivity index (χ1n) is 7.22. The topological polar surface area (TPSA) is 66.8 Å². The molecule has 0 unspecified atom stereocenters. The summed E-state index contributed by atoms with van der Waals surface area (Å²) in [6.45, 7) is 1.79. The molecule has 1 fully saturated rings. The van der Waals surface area contributed by atoms with E-state index in [4.69, 9.17) is 4.74 Å². The van der Waals surface area contributed by atoms with Crippen molar-refractivity contribution in [1.82, 2.24) is 0 Å². The molecule has 24 heavy (non-hydrogen) atoms. The van der Waals surface area contributed by atoms with E-state index in [0.29, 0.717) is 21.9 Å². The number of imide groups is 1. The van der Waals surface area contributed by atoms with Crippen LogP contribution in [0.25, 0.3) is 5.57 Å². The average Bonchev–Trinajstić information content (AvgIpc) is 2.89. The van der Waals surface area contributed by atoms with Crippen molar-refractivity contribution in [3.05, 3.63) is 59.0 Å². The number of ether oxygens (including phenoxy) is 1. The van der Waals surface area contributed by atoms with E-state index in [9.17, 15) is 14.7 Å². The van der Waals surface area contributed by atoms with Crippen LogP contribution in [0.1, 0.15) is 12.5 Å². The molecule has 0 atom stereocenters. The molecule has 3 rings (SSSR count). The minimum Gasteiger partial charge on any atom is -0.508 e. The Kier molecular flexibility index (Phi) is 4.31. The summed E-state index contributed by atoms with van der Waals surface area (Å²) < 4.78 is 5.09. The van der Waals surface area contributed by atoms with Crippen molar-refractivity contribution in [3.8, 4) is 11.5 Å². The Balaban J connectivity index is 1.95. The highest BCUT2D eigenvalue weighted by atomic mass is 32.2. The zero-order valence-corrected chi connectivity index (χ0v) is 14.0. The molecule has 0 bridgehead atoms. The molecule has 2 aromatic carbocycles. The molecule has 1 heterocycles. The van der Waals surface area contributed by atoms with E-state index >= 15 is 0 Å². The quantitative estimate of drug-likeness (QED) is 0.854. The monoisotopic (exact) mass is 341 g/mol. The van der Waals surface area contributed by atoms with E-state index in [1.165, 1.54) is 0 Å². The third-order valence-corrected chi connectivity index (χ3v) is 4.78. The van der Waals surface area contributed by atoms with Crippen LogP contribution in [0, 0.1) is 0 Å². The van der Waals surface area contributed by atoms with Gasteiger partial charge in [0.2, 0.25) is 0 Å². The largest absolute Gasteiger partial charge is 0.508 e. The van der Waals surface area contributed by atoms with Gasteiger partial charge in [-0.2, -0.15) is 0 Å². The van der Waals surface area contributed by atoms with Crippen molar-refractivity contribution in [3.63, 3.8) is 0 Å². The lowest BCUT2D eigenvalue weighted by atomic mass is 10.1. The van der Waals surface area contributed by atoms with Gasteiger partial charge in [0.15, 0.2) is 0 Å². The summed E-state index contributed by atoms with van der Waals surface area (Å²) in [5, 5.41) is 9.04. The van der Waals surface area contributed by atoms with Gasteiger partial charge in [-0.3, -0.25) is 9.59 Å². The number of allylic oxidation sites excluding steroid dienone is 1. The normalized spacial score (nSPS) is 16.5. The van der Waals surface area contributed by atoms with Gasteiger partial charge >= 0.3 is 0 Å². The summed E-state index contributed by atoms with van der Waals surface area (Å²) >= 11 is 0.917. The van der Waals surface area contributed by atoms with Gasteiger partial charge in [-0.1, -0.05) is 12.1 Å². The number of aromatic hydroxyl groups is 1. The molecule has 1 aliphatic heterocycles. The molecule has 0 aromatic heterocycles. The Labute approximate surface area is 143 Å². The Hall–Kier alpha value is -2.73. The van der Waals surface area contributed by atoms with Gasteiger partial charge in [0, 0.05) is 0 Å². The van der Waals surface area contributed by atoms with Gasteiger partial charge in [-0.15, -0.1) is 0 Å². The molecule has 6 heteroatoms. The zero-order valence-electron chi connectivity index (χ0n) is 13.1. The third-order valence-electron chi connectivity index (χ3n) is 3.74. The van der Waals surface area contributed by atoms with E-state index in [0.717, 1.165) is 22.2 Å². The van der Waals surface area contributed by atoms with Crippen LogP contribution in [0.15, 0.2) is 53.4 Å². The number of methoxy groups -OCH3 is 1. The first kappa shape index (κ1) is 16.1. The number of benzene rings is 2. The van der Waals surface area contributed by atoms with Crippen LogP contribution in [0.3, 0.4) is 0 Å². The first-order chi connectivity index (χ1) is 11.5. The maximum absolute atomic E-state index is 12.7. The first-order valence-corrected chi connectivity index (χ1v) is 8.03. The van der Waals surface area contributed by atoms with Gasteiger partial charge < -0.3 is 9.84 Å². The van der Waals surface area contributed by atoms with E-state index in [1.54, 1.807) is 62.6 Å². The number of anilines is 1. The van der Waals surface area contributed by atoms with Crippen molar-refractivity contribution in [2.24, 2.45) is 0 Å². The minimum absolute atomic E-state index is 0.151. The van der Waals surface area contributed by atoms with Gasteiger partial charge in [0.1, 0.15) is 11.5 Å². The van der Waals surface area contributed by atoms with Crippen LogP contribution >= 0.6 is 11.8 Å². The van der Waals surface area contributed by atoms with Crippen LogP contribution < -0.4 is 9.64 Å². The summed E-state index contributed by atoms with van der Waals surface area (Å²) in [5.74, 6) is 0.458. The summed E-state index contributed by atoms with van der Waals surface area (Å²) in [7, 11) is 1.55. The number of carbonyl (C=O) groups is 2. The fourth-order valence-corrected chi connectivity index (χ4v) is 3.30. The number of amides is 2. The number of phenolic OH excluding ortho intramolecular Hbond substituents is 1. The summed E-state index contributed by atoms with van der Waals surface area (Å²) in [6.07, 6.45) is 0. The second-order valence-corrected chi connectivity index (χ2v) is 6.17. The van der Waals surface area contributed by atoms with E-state index in [1.807, 2.05) is 0 Å². The third kappa shape index (κ3) is 2.88. The van der Waals surface area contributed by atoms with E-state index < -0.39 is 0 Å². The van der Waals surface area contributed by atoms with E-state index in [2.05, 4.69) is 0 Å². The standard InChI is InChI=1S/C18H15NO4S/c1-11(12-3-7-14(20)8-4-12)16-17(21)19(18(22)24-16)13-5-9-15(23-2)10-6-13/h3-10,20H,1-2H3/b16-11-. The summed E-state index contributed by atoms with van der Waals surface area (Å²) in [5.41, 5.74) is 1.99. The lowest BCUT2D eigenvalue weighted by Crippen LogP contribution is -2.27. The van der Waals surface area contributed by atoms with Crippen LogP contribution in [-0.4, -0.2) is 23.4 Å². The molecule has 0 radical (unpaired) electrons. The number of hydrogen-bond acceptors (Lipinski definition) is 5. The molecule has 0 saturated carbocycles. The Morgan fingerprint density at radius 1 is 1.04 bits per heavy atom. The van der Waals surface area contributed by atoms with Crippen molar-refractivity contribution in [1.29, 1.82) is 0 Å². The summed E-state index contributed by atoms with van der Waals surface area (Å²) in [6, 6.07) is 13.3. The van der Waals surface area contributed by atoms with Crippen LogP contribution in [0.4, 0.5) is 10.5 Å². The van der Waals surface area contributed by atoms with Crippen molar-refractivity contribution >= 4 is 34.2 Å². The fraction of sp³-hybridized carbons (Fsp3) is 0.111. The Morgan fingerprint density at radius 2 is 1.67 bits per heavy atom. The van der Waals surface area contributed by atoms with Crippen LogP contribution in [0.2, 0.25) is 0 Å². The molecule has 1 aliphatic rings. The lowest BCUT2D eigenvalue weighted by molar-refractivity contribution is -0.113. The van der Waals surface area contributed by atoms with E-state index in [-0.39, 0.29) is 16.9 Å². The smallest absolute Gasteiger partial charge is 0.298 e. The van der Waals surface area contributed by atoms with Crippen molar-refractivity contribution in [2.45, 2.75) is 6.92 Å². The van der Waals surface area contributed by atoms with Gasteiger partial charge in [0.25, 0.3) is 11.1 Å². The van der Waals surface area contributed by atoms with Gasteiger partial charge in [-0.25, -0.2) is 4.90 Å². The fourth-order valence-electron chi connectivity index (χ4n) is 2.39. The molecule has 5 nitrogen and oxygen atoms in total. The minimum atomic E-state index is -0.347. The molecule has 2 aromatic rings. The van der Waals surface area contributed by atoms with Gasteiger partial charge in [-0.05, 0) is 66.2 Å². The highest BCUT2D eigenvalue weighted by Crippen LogP contribution is 2.39. The Morgan fingerprint density at radius 3 is 2.25 bits per heavy atom. The highest BCUT2D eigenvalue weighted by Gasteiger charge is 2.37. The molecular formula is C18H15NO4S. The molecule has 122 valence electrons. The highest BCUT2D eigenvalue weighted by molar-refractivity contribution is 8.19. The molecular weight excluding hydrogens is 326 g/mol. The Bertz CT molecular complexity index is 825. The second-order valence-electron chi connectivity index (χ2n) is 5.21. The number of rotatable bonds is 3. The molecule has 0 spiro atoms. The second kappa shape index (κ2) is 6.41. The zero-order chi connectivity index (χ0) is 17.3. The average molecular weight is 341 g/mol. The van der Waals surface area contributed by atoms with Crippen LogP contribution in [0.5, 0.6) is 11.5 Å². The predicted molar refractivity (Wildman–Crippen MR) is 94.2 cm³/mol. The number of hydrogen-bond donors (Lipinski definition) is 1. The molecule has 2 amide bonds. The number of nitrogens with zero attached hydrogens (tertiary/aromatic N) is 1. The lowest BCUT2D eigenvalue weighted by Gasteiger charge is -2.13. The molecule has 0 aliphatic carbocycles. The number of phenols is 1. The maximum Gasteiger partial charge on any atom is 0.298 e. The van der Waals surface area contributed by atoms with Crippen LogP contribution in [-0.2, 0) is 4.79 Å². The summed E-state index contributed by atoms with van der Waals surface area (Å²) in [4.78, 5) is 26.5. The SMILES string of the molecule is COc1ccc(N2C(=O)S/C(=C(/C)c3ccc(O)cc3)C2=O)cc1. The molecule has 1 saturated heterocycles. The van der Waals surface area contributed by atoms with Gasteiger partial charge in [0.05, 0.1) is 17.7 Å². The molecule has 1 N–H and O–H groups in total.